The summed E-state index contributed by atoms with van der Waals surface area (Å²) in [6.45, 7) is 3.35. The van der Waals surface area contributed by atoms with Gasteiger partial charge in [0.2, 0.25) is 0 Å². The molecular formula is C10H16N2O. The van der Waals surface area contributed by atoms with Crippen molar-refractivity contribution >= 4 is 0 Å². The Balaban J connectivity index is 1.86. The molecule has 0 atom stereocenters. The minimum Gasteiger partial charge on any atom is -0.360 e. The second kappa shape index (κ2) is 4.42. The number of hydrogen-bond acceptors (Lipinski definition) is 3. The van der Waals surface area contributed by atoms with Crippen LogP contribution in [0.4, 0.5) is 0 Å². The minimum atomic E-state index is 0.931. The zero-order chi connectivity index (χ0) is 8.93. The van der Waals surface area contributed by atoms with Gasteiger partial charge < -0.3 is 4.52 Å². The van der Waals surface area contributed by atoms with E-state index in [1.165, 1.54) is 38.8 Å². The predicted octanol–water partition coefficient (Wildman–Crippen LogP) is 2.05. The van der Waals surface area contributed by atoms with E-state index in [1.54, 1.807) is 6.20 Å². The van der Waals surface area contributed by atoms with E-state index in [9.17, 15) is 0 Å². The van der Waals surface area contributed by atoms with Crippen LogP contribution in [0.2, 0.25) is 0 Å². The Hall–Kier alpha value is -0.830. The summed E-state index contributed by atoms with van der Waals surface area (Å²) in [4.78, 5) is 2.45. The first-order valence-corrected chi connectivity index (χ1v) is 5.07. The zero-order valence-corrected chi connectivity index (χ0v) is 7.91. The summed E-state index contributed by atoms with van der Waals surface area (Å²) in [6, 6.07) is 1.95. The van der Waals surface area contributed by atoms with E-state index < -0.39 is 0 Å². The van der Waals surface area contributed by atoms with Crippen molar-refractivity contribution in [3.63, 3.8) is 0 Å². The Morgan fingerprint density at radius 2 is 2.00 bits per heavy atom. The molecule has 2 heterocycles. The lowest BCUT2D eigenvalue weighted by atomic mass is 10.2. The van der Waals surface area contributed by atoms with E-state index in [2.05, 4.69) is 10.1 Å². The molecule has 13 heavy (non-hydrogen) atoms. The van der Waals surface area contributed by atoms with Gasteiger partial charge >= 0.3 is 0 Å². The topological polar surface area (TPSA) is 29.3 Å². The third kappa shape index (κ3) is 2.56. The first kappa shape index (κ1) is 8.75. The summed E-state index contributed by atoms with van der Waals surface area (Å²) in [6.07, 6.45) is 7.13. The van der Waals surface area contributed by atoms with Crippen LogP contribution in [0.15, 0.2) is 16.8 Å². The molecule has 0 aliphatic carbocycles. The smallest absolute Gasteiger partial charge is 0.150 e. The fraction of sp³-hybridized carbons (Fsp3) is 0.700. The van der Waals surface area contributed by atoms with Gasteiger partial charge in [0.1, 0.15) is 0 Å². The summed E-state index contributed by atoms with van der Waals surface area (Å²) in [5.41, 5.74) is 0. The van der Waals surface area contributed by atoms with Crippen molar-refractivity contribution < 1.29 is 4.52 Å². The highest BCUT2D eigenvalue weighted by atomic mass is 16.5. The van der Waals surface area contributed by atoms with Crippen LogP contribution in [0, 0.1) is 0 Å². The average molecular weight is 180 g/mol. The van der Waals surface area contributed by atoms with Crippen LogP contribution in [0.25, 0.3) is 0 Å². The number of rotatable bonds is 2. The Morgan fingerprint density at radius 3 is 2.62 bits per heavy atom. The van der Waals surface area contributed by atoms with Crippen LogP contribution in [0.1, 0.15) is 31.4 Å². The maximum atomic E-state index is 5.09. The lowest BCUT2D eigenvalue weighted by Gasteiger charge is -2.17. The van der Waals surface area contributed by atoms with Crippen molar-refractivity contribution in [2.45, 2.75) is 32.2 Å². The van der Waals surface area contributed by atoms with Crippen molar-refractivity contribution in [3.05, 3.63) is 18.0 Å². The van der Waals surface area contributed by atoms with Gasteiger partial charge in [-0.2, -0.15) is 0 Å². The maximum absolute atomic E-state index is 5.09. The fourth-order valence-corrected chi connectivity index (χ4v) is 1.84. The van der Waals surface area contributed by atoms with Crippen LogP contribution >= 0.6 is 0 Å². The number of hydrogen-bond donors (Lipinski definition) is 0. The first-order chi connectivity index (χ1) is 6.45. The first-order valence-electron chi connectivity index (χ1n) is 5.07. The van der Waals surface area contributed by atoms with Gasteiger partial charge in [-0.25, -0.2) is 0 Å². The van der Waals surface area contributed by atoms with Crippen molar-refractivity contribution in [1.82, 2.24) is 10.1 Å². The van der Waals surface area contributed by atoms with Crippen LogP contribution in [-0.4, -0.2) is 23.1 Å². The molecule has 0 unspecified atom stereocenters. The molecule has 1 saturated heterocycles. The van der Waals surface area contributed by atoms with Gasteiger partial charge in [-0.15, -0.1) is 0 Å². The molecule has 3 heteroatoms. The molecule has 0 aromatic carbocycles. The van der Waals surface area contributed by atoms with Gasteiger partial charge in [0.05, 0.1) is 12.7 Å². The molecule has 3 nitrogen and oxygen atoms in total. The van der Waals surface area contributed by atoms with Crippen molar-refractivity contribution in [3.8, 4) is 0 Å². The quantitative estimate of drug-likeness (QED) is 0.697. The highest BCUT2D eigenvalue weighted by Gasteiger charge is 2.10. The Kier molecular flexibility index (Phi) is 2.98. The Morgan fingerprint density at radius 1 is 1.23 bits per heavy atom. The third-order valence-corrected chi connectivity index (χ3v) is 2.57. The molecule has 1 fully saturated rings. The van der Waals surface area contributed by atoms with Crippen LogP contribution in [0.5, 0.6) is 0 Å². The highest BCUT2D eigenvalue weighted by Crippen LogP contribution is 2.12. The molecule has 1 aliphatic heterocycles. The lowest BCUT2D eigenvalue weighted by Crippen LogP contribution is -2.23. The van der Waals surface area contributed by atoms with Crippen molar-refractivity contribution in [1.29, 1.82) is 0 Å². The lowest BCUT2D eigenvalue weighted by molar-refractivity contribution is 0.239. The van der Waals surface area contributed by atoms with E-state index >= 15 is 0 Å². The molecule has 0 N–H and O–H groups in total. The van der Waals surface area contributed by atoms with Crippen LogP contribution < -0.4 is 0 Å². The molecule has 1 aromatic rings. The van der Waals surface area contributed by atoms with Crippen molar-refractivity contribution in [2.75, 3.05) is 13.1 Å². The number of aromatic nitrogens is 1. The third-order valence-electron chi connectivity index (χ3n) is 2.57. The Bertz CT molecular complexity index is 225. The molecule has 1 aliphatic rings. The summed E-state index contributed by atoms with van der Waals surface area (Å²) in [5.74, 6) is 0.988. The second-order valence-electron chi connectivity index (χ2n) is 3.67. The monoisotopic (exact) mass is 180 g/mol. The van der Waals surface area contributed by atoms with E-state index in [0.717, 1.165) is 12.3 Å². The largest absolute Gasteiger partial charge is 0.360 e. The average Bonchev–Trinajstić information content (AvgIpc) is 2.49. The molecule has 0 spiro atoms. The van der Waals surface area contributed by atoms with E-state index in [1.807, 2.05) is 6.07 Å². The Labute approximate surface area is 78.7 Å². The molecule has 72 valence electrons. The molecule has 0 bridgehead atoms. The fourth-order valence-electron chi connectivity index (χ4n) is 1.84. The van der Waals surface area contributed by atoms with Gasteiger partial charge in [0.25, 0.3) is 0 Å². The second-order valence-corrected chi connectivity index (χ2v) is 3.67. The molecule has 1 aromatic heterocycles. The predicted molar refractivity (Wildman–Crippen MR) is 50.2 cm³/mol. The summed E-state index contributed by atoms with van der Waals surface area (Å²) in [5, 5.41) is 3.71. The van der Waals surface area contributed by atoms with Gasteiger partial charge in [-0.1, -0.05) is 18.0 Å². The SMILES string of the molecule is c1cc(CN2CCCCCC2)on1. The normalized spacial score (nSPS) is 20.0. The standard InChI is InChI=1S/C10H16N2O/c1-2-4-8-12(7-3-1)9-10-5-6-11-13-10/h5-6H,1-4,7-9H2. The number of likely N-dealkylation sites (tertiary alicyclic amines) is 1. The molecule has 2 rings (SSSR count). The van der Waals surface area contributed by atoms with Gasteiger partial charge in [0, 0.05) is 6.07 Å². The van der Waals surface area contributed by atoms with E-state index in [-0.39, 0.29) is 0 Å². The zero-order valence-electron chi connectivity index (χ0n) is 7.91. The van der Waals surface area contributed by atoms with Gasteiger partial charge in [0.15, 0.2) is 5.76 Å². The minimum absolute atomic E-state index is 0.931. The molecule has 0 amide bonds. The van der Waals surface area contributed by atoms with Gasteiger partial charge in [-0.05, 0) is 25.9 Å². The van der Waals surface area contributed by atoms with Crippen LogP contribution in [0.3, 0.4) is 0 Å². The molecular weight excluding hydrogens is 164 g/mol. The van der Waals surface area contributed by atoms with E-state index in [0.29, 0.717) is 0 Å². The van der Waals surface area contributed by atoms with Crippen molar-refractivity contribution in [2.24, 2.45) is 0 Å². The van der Waals surface area contributed by atoms with Gasteiger partial charge in [-0.3, -0.25) is 4.90 Å². The summed E-state index contributed by atoms with van der Waals surface area (Å²) in [7, 11) is 0. The maximum Gasteiger partial charge on any atom is 0.150 e. The van der Waals surface area contributed by atoms with E-state index in [4.69, 9.17) is 4.52 Å². The van der Waals surface area contributed by atoms with Crippen LogP contribution in [-0.2, 0) is 6.54 Å². The summed E-state index contributed by atoms with van der Waals surface area (Å²) < 4.78 is 5.09. The highest BCUT2D eigenvalue weighted by molar-refractivity contribution is 4.92. The summed E-state index contributed by atoms with van der Waals surface area (Å²) >= 11 is 0. The molecule has 0 saturated carbocycles. The molecule has 0 radical (unpaired) electrons. The number of nitrogens with zero attached hydrogens (tertiary/aromatic N) is 2.